The number of nitrogens with two attached hydrogens (primary N) is 1. The summed E-state index contributed by atoms with van der Waals surface area (Å²) in [6.07, 6.45) is 4.55. The molecule has 0 radical (unpaired) electrons. The number of nitrogen functional groups attached to an aromatic ring is 1. The number of aromatic nitrogens is 4. The molecule has 0 saturated carbocycles. The zero-order valence-electron chi connectivity index (χ0n) is 11.1. The van der Waals surface area contributed by atoms with Gasteiger partial charge in [0.15, 0.2) is 5.65 Å². The fraction of sp³-hybridized carbons (Fsp3) is 0.417. The summed E-state index contributed by atoms with van der Waals surface area (Å²) in [5.41, 5.74) is 5.74. The molecule has 2 aromatic heterocycles. The highest BCUT2D eigenvalue weighted by Gasteiger charge is 2.44. The molecule has 2 rings (SSSR count). The summed E-state index contributed by atoms with van der Waals surface area (Å²) in [5, 5.41) is 19.2. The van der Waals surface area contributed by atoms with E-state index in [1.165, 1.54) is 13.3 Å². The number of anilines is 1. The number of hydrogen-bond acceptors (Lipinski definition) is 7. The number of rotatable bonds is 5. The smallest absolute Gasteiger partial charge is 0.279 e. The second kappa shape index (κ2) is 5.61. The summed E-state index contributed by atoms with van der Waals surface area (Å²) < 4.78 is 20.8. The minimum Gasteiger partial charge on any atom is -0.394 e. The van der Waals surface area contributed by atoms with Gasteiger partial charge in [0.25, 0.3) is 5.79 Å². The molecule has 0 spiro atoms. The SMILES string of the molecule is C#C[C@@](F)(C(O)C(CO)OC)n1cnc2cnc(N)nc21. The van der Waals surface area contributed by atoms with Crippen LogP contribution >= 0.6 is 0 Å². The molecule has 2 heterocycles. The molecular weight excluding hydrogens is 281 g/mol. The number of nitrogens with zero attached hydrogens (tertiary/aromatic N) is 4. The van der Waals surface area contributed by atoms with Crippen molar-refractivity contribution in [2.24, 2.45) is 0 Å². The van der Waals surface area contributed by atoms with Crippen LogP contribution in [-0.2, 0) is 10.5 Å². The molecule has 0 bridgehead atoms. The molecule has 0 saturated heterocycles. The summed E-state index contributed by atoms with van der Waals surface area (Å²) in [7, 11) is 1.22. The number of halogens is 1. The van der Waals surface area contributed by atoms with Crippen LogP contribution in [0.1, 0.15) is 0 Å². The molecule has 0 aliphatic heterocycles. The molecule has 0 aliphatic rings. The maximum absolute atomic E-state index is 15.1. The minimum atomic E-state index is -2.72. The maximum Gasteiger partial charge on any atom is 0.279 e. The zero-order chi connectivity index (χ0) is 15.6. The average molecular weight is 295 g/mol. The second-order valence-corrected chi connectivity index (χ2v) is 4.27. The summed E-state index contributed by atoms with van der Waals surface area (Å²) in [5.74, 6) is -0.962. The van der Waals surface area contributed by atoms with Crippen LogP contribution < -0.4 is 5.73 Å². The van der Waals surface area contributed by atoms with Crippen molar-refractivity contribution in [1.82, 2.24) is 19.5 Å². The number of hydrogen-bond donors (Lipinski definition) is 3. The van der Waals surface area contributed by atoms with Crippen LogP contribution in [0.15, 0.2) is 12.5 Å². The second-order valence-electron chi connectivity index (χ2n) is 4.27. The Labute approximate surface area is 119 Å². The normalized spacial score (nSPS) is 17.1. The largest absolute Gasteiger partial charge is 0.394 e. The first kappa shape index (κ1) is 15.1. The van der Waals surface area contributed by atoms with Gasteiger partial charge in [-0.25, -0.2) is 14.4 Å². The van der Waals surface area contributed by atoms with Crippen LogP contribution in [0, 0.1) is 12.3 Å². The van der Waals surface area contributed by atoms with Gasteiger partial charge in [-0.2, -0.15) is 4.98 Å². The Kier molecular flexibility index (Phi) is 4.04. The molecule has 0 amide bonds. The minimum absolute atomic E-state index is 0.0230. The van der Waals surface area contributed by atoms with Gasteiger partial charge in [0, 0.05) is 7.11 Å². The Bertz CT molecular complexity index is 681. The summed E-state index contributed by atoms with van der Waals surface area (Å²) in [6, 6.07) is 0. The molecule has 2 unspecified atom stereocenters. The molecule has 21 heavy (non-hydrogen) atoms. The fourth-order valence-corrected chi connectivity index (χ4v) is 1.91. The van der Waals surface area contributed by atoms with E-state index in [1.807, 2.05) is 5.92 Å². The third-order valence-corrected chi connectivity index (χ3v) is 3.09. The van der Waals surface area contributed by atoms with Gasteiger partial charge in [-0.05, 0) is 5.92 Å². The van der Waals surface area contributed by atoms with Crippen molar-refractivity contribution in [3.8, 4) is 12.3 Å². The van der Waals surface area contributed by atoms with Crippen LogP contribution in [0.2, 0.25) is 0 Å². The Morgan fingerprint density at radius 3 is 2.90 bits per heavy atom. The van der Waals surface area contributed by atoms with Gasteiger partial charge in [-0.1, -0.05) is 0 Å². The predicted molar refractivity (Wildman–Crippen MR) is 71.5 cm³/mol. The van der Waals surface area contributed by atoms with Crippen molar-refractivity contribution in [3.63, 3.8) is 0 Å². The first-order chi connectivity index (χ1) is 9.97. The van der Waals surface area contributed by atoms with Crippen molar-refractivity contribution in [3.05, 3.63) is 12.5 Å². The van der Waals surface area contributed by atoms with Crippen molar-refractivity contribution in [2.75, 3.05) is 19.5 Å². The topological polar surface area (TPSA) is 119 Å². The van der Waals surface area contributed by atoms with Crippen molar-refractivity contribution < 1.29 is 19.3 Å². The summed E-state index contributed by atoms with van der Waals surface area (Å²) in [6.45, 7) is -0.616. The monoisotopic (exact) mass is 295 g/mol. The number of fused-ring (bicyclic) bond motifs is 1. The van der Waals surface area contributed by atoms with E-state index in [9.17, 15) is 5.11 Å². The molecule has 2 aromatic rings. The fourth-order valence-electron chi connectivity index (χ4n) is 1.91. The highest BCUT2D eigenvalue weighted by atomic mass is 19.1. The van der Waals surface area contributed by atoms with E-state index in [4.69, 9.17) is 22.0 Å². The van der Waals surface area contributed by atoms with Crippen LogP contribution in [0.5, 0.6) is 0 Å². The van der Waals surface area contributed by atoms with Gasteiger partial charge in [0.1, 0.15) is 24.1 Å². The summed E-state index contributed by atoms with van der Waals surface area (Å²) >= 11 is 0. The molecule has 0 fully saturated rings. The predicted octanol–water partition coefficient (Wildman–Crippen LogP) is -0.968. The zero-order valence-corrected chi connectivity index (χ0v) is 11.1. The van der Waals surface area contributed by atoms with Gasteiger partial charge >= 0.3 is 0 Å². The Balaban J connectivity index is 2.57. The van der Waals surface area contributed by atoms with Crippen molar-refractivity contribution >= 4 is 17.1 Å². The molecule has 0 aliphatic carbocycles. The van der Waals surface area contributed by atoms with E-state index in [-0.39, 0.29) is 17.1 Å². The third-order valence-electron chi connectivity index (χ3n) is 3.09. The number of aliphatic hydroxyl groups is 2. The van der Waals surface area contributed by atoms with Crippen LogP contribution in [0.3, 0.4) is 0 Å². The molecule has 112 valence electrons. The van der Waals surface area contributed by atoms with Gasteiger partial charge in [0.05, 0.1) is 12.8 Å². The molecule has 9 heteroatoms. The third kappa shape index (κ3) is 2.40. The lowest BCUT2D eigenvalue weighted by atomic mass is 10.0. The van der Waals surface area contributed by atoms with E-state index in [0.29, 0.717) is 0 Å². The summed E-state index contributed by atoms with van der Waals surface area (Å²) in [4.78, 5) is 11.5. The first-order valence-corrected chi connectivity index (χ1v) is 5.92. The van der Waals surface area contributed by atoms with Gasteiger partial charge < -0.3 is 20.7 Å². The van der Waals surface area contributed by atoms with Gasteiger partial charge in [-0.15, -0.1) is 6.42 Å². The Hall–Kier alpha value is -2.28. The maximum atomic E-state index is 15.1. The van der Waals surface area contributed by atoms with E-state index in [1.54, 1.807) is 0 Å². The molecule has 8 nitrogen and oxygen atoms in total. The molecule has 4 N–H and O–H groups in total. The van der Waals surface area contributed by atoms with Gasteiger partial charge in [-0.3, -0.25) is 4.57 Å². The molecular formula is C12H14FN5O3. The molecule has 0 aromatic carbocycles. The lowest BCUT2D eigenvalue weighted by Crippen LogP contribution is -2.48. The van der Waals surface area contributed by atoms with Crippen molar-refractivity contribution in [1.29, 1.82) is 0 Å². The van der Waals surface area contributed by atoms with Crippen molar-refractivity contribution in [2.45, 2.75) is 18.0 Å². The lowest BCUT2D eigenvalue weighted by molar-refractivity contribution is -0.117. The van der Waals surface area contributed by atoms with Crippen LogP contribution in [0.25, 0.3) is 11.2 Å². The standard InChI is InChI=1S/C12H14FN5O3/c1-3-12(13,9(20)8(5-19)21-2)18-6-16-7-4-15-11(14)17-10(7)18/h1,4,6,8-9,19-20H,5H2,2H3,(H2,14,15,17)/t8?,9?,12-/m0/s1. The van der Waals surface area contributed by atoms with E-state index < -0.39 is 24.6 Å². The number of alkyl halides is 1. The molecule has 3 atom stereocenters. The van der Waals surface area contributed by atoms with Gasteiger partial charge in [0.2, 0.25) is 5.95 Å². The van der Waals surface area contributed by atoms with E-state index in [0.717, 1.165) is 10.9 Å². The Morgan fingerprint density at radius 1 is 1.62 bits per heavy atom. The highest BCUT2D eigenvalue weighted by Crippen LogP contribution is 2.29. The highest BCUT2D eigenvalue weighted by molar-refractivity contribution is 5.71. The van der Waals surface area contributed by atoms with Crippen LogP contribution in [-0.4, -0.2) is 55.7 Å². The number of aliphatic hydroxyl groups excluding tert-OH is 2. The number of imidazole rings is 1. The van der Waals surface area contributed by atoms with Crippen LogP contribution in [0.4, 0.5) is 10.3 Å². The number of terminal acetylenes is 1. The lowest BCUT2D eigenvalue weighted by Gasteiger charge is -2.30. The van der Waals surface area contributed by atoms with E-state index >= 15 is 4.39 Å². The first-order valence-electron chi connectivity index (χ1n) is 5.92. The Morgan fingerprint density at radius 2 is 2.33 bits per heavy atom. The average Bonchev–Trinajstić information content (AvgIpc) is 2.91. The number of ether oxygens (including phenoxy) is 1. The quantitative estimate of drug-likeness (QED) is 0.607. The van der Waals surface area contributed by atoms with E-state index in [2.05, 4.69) is 15.0 Å². The number of methoxy groups -OCH3 is 1.